The molecule has 0 saturated carbocycles. The quantitative estimate of drug-likeness (QED) is 0.683. The van der Waals surface area contributed by atoms with Gasteiger partial charge in [-0.05, 0) is 19.1 Å². The third-order valence-corrected chi connectivity index (χ3v) is 6.65. The van der Waals surface area contributed by atoms with Gasteiger partial charge in [0.15, 0.2) is 0 Å². The molecule has 1 amide bonds. The lowest BCUT2D eigenvalue weighted by Crippen LogP contribution is -2.30. The third-order valence-electron chi connectivity index (χ3n) is 3.67. The number of pyridine rings is 1. The van der Waals surface area contributed by atoms with Crippen molar-refractivity contribution in [3.05, 3.63) is 30.1 Å². The Kier molecular flexibility index (Phi) is 6.79. The van der Waals surface area contributed by atoms with Crippen molar-refractivity contribution in [2.24, 2.45) is 7.05 Å². The summed E-state index contributed by atoms with van der Waals surface area (Å²) < 4.78 is 27.8. The molecule has 0 aliphatic rings. The van der Waals surface area contributed by atoms with Crippen molar-refractivity contribution in [1.82, 2.24) is 19.1 Å². The molecule has 10 heteroatoms. The van der Waals surface area contributed by atoms with E-state index in [1.54, 1.807) is 37.7 Å². The molecule has 2 aromatic heterocycles. The van der Waals surface area contributed by atoms with Crippen LogP contribution in [-0.2, 0) is 21.9 Å². The van der Waals surface area contributed by atoms with Gasteiger partial charge in [0.25, 0.3) is 0 Å². The van der Waals surface area contributed by atoms with Gasteiger partial charge in [-0.15, -0.1) is 0 Å². The van der Waals surface area contributed by atoms with Crippen molar-refractivity contribution in [3.63, 3.8) is 0 Å². The summed E-state index contributed by atoms with van der Waals surface area (Å²) in [7, 11) is -1.76. The van der Waals surface area contributed by atoms with Crippen LogP contribution in [0.25, 0.3) is 0 Å². The first-order valence-electron chi connectivity index (χ1n) is 8.17. The summed E-state index contributed by atoms with van der Waals surface area (Å²) in [6.45, 7) is 6.25. The summed E-state index contributed by atoms with van der Waals surface area (Å²) in [4.78, 5) is 16.3. The highest BCUT2D eigenvalue weighted by Gasteiger charge is 2.21. The molecule has 0 radical (unpaired) electrons. The normalized spacial score (nSPS) is 11.7. The topological polar surface area (TPSA) is 97.2 Å². The Bertz CT molecular complexity index is 859. The minimum Gasteiger partial charge on any atom is -0.310 e. The highest BCUT2D eigenvalue weighted by Crippen LogP contribution is 2.20. The molecular formula is C16H23N5O3S2. The Hall–Kier alpha value is -1.91. The smallest absolute Gasteiger partial charge is 0.244 e. The van der Waals surface area contributed by atoms with E-state index in [-0.39, 0.29) is 16.6 Å². The Morgan fingerprint density at radius 1 is 1.31 bits per heavy atom. The maximum atomic E-state index is 12.4. The van der Waals surface area contributed by atoms with Crippen LogP contribution in [0.4, 0.5) is 5.82 Å². The van der Waals surface area contributed by atoms with E-state index >= 15 is 0 Å². The number of aryl methyl sites for hydroxylation is 2. The summed E-state index contributed by atoms with van der Waals surface area (Å²) in [6.07, 6.45) is 1.33. The molecule has 1 N–H and O–H groups in total. The van der Waals surface area contributed by atoms with Gasteiger partial charge in [0.2, 0.25) is 15.9 Å². The predicted octanol–water partition coefficient (Wildman–Crippen LogP) is 1.88. The van der Waals surface area contributed by atoms with E-state index in [4.69, 9.17) is 0 Å². The Balaban J connectivity index is 1.97. The van der Waals surface area contributed by atoms with Crippen molar-refractivity contribution < 1.29 is 13.2 Å². The van der Waals surface area contributed by atoms with Crippen LogP contribution < -0.4 is 5.32 Å². The van der Waals surface area contributed by atoms with Crippen LogP contribution >= 0.6 is 11.8 Å². The van der Waals surface area contributed by atoms with E-state index in [1.165, 1.54) is 28.3 Å². The first-order valence-corrected chi connectivity index (χ1v) is 10.6. The van der Waals surface area contributed by atoms with Crippen LogP contribution in [-0.4, -0.2) is 52.2 Å². The summed E-state index contributed by atoms with van der Waals surface area (Å²) in [5.74, 6) is 0.612. The first-order chi connectivity index (χ1) is 12.3. The highest BCUT2D eigenvalue weighted by molar-refractivity contribution is 7.99. The minimum absolute atomic E-state index is 0.153. The third kappa shape index (κ3) is 4.83. The molecule has 0 aromatic carbocycles. The van der Waals surface area contributed by atoms with Gasteiger partial charge in [-0.2, -0.15) is 9.40 Å². The first kappa shape index (κ1) is 20.4. The molecule has 0 aliphatic heterocycles. The maximum absolute atomic E-state index is 12.4. The monoisotopic (exact) mass is 397 g/mol. The van der Waals surface area contributed by atoms with Crippen molar-refractivity contribution >= 4 is 33.5 Å². The zero-order chi connectivity index (χ0) is 19.3. The molecule has 0 spiro atoms. The second kappa shape index (κ2) is 8.65. The largest absolute Gasteiger partial charge is 0.310 e. The number of anilines is 1. The molecule has 0 aliphatic carbocycles. The van der Waals surface area contributed by atoms with Gasteiger partial charge in [0.1, 0.15) is 10.7 Å². The van der Waals surface area contributed by atoms with Gasteiger partial charge in [-0.1, -0.05) is 25.6 Å². The molecule has 8 nitrogen and oxygen atoms in total. The molecule has 2 rings (SSSR count). The number of carbonyl (C=O) groups excluding carboxylic acids is 1. The van der Waals surface area contributed by atoms with E-state index in [9.17, 15) is 13.2 Å². The number of carbonyl (C=O) groups is 1. The van der Waals surface area contributed by atoms with Crippen LogP contribution in [0.3, 0.4) is 0 Å². The van der Waals surface area contributed by atoms with Crippen LogP contribution in [0, 0.1) is 6.92 Å². The van der Waals surface area contributed by atoms with Crippen molar-refractivity contribution in [2.45, 2.75) is 30.7 Å². The van der Waals surface area contributed by atoms with Crippen molar-refractivity contribution in [2.75, 3.05) is 24.2 Å². The summed E-state index contributed by atoms with van der Waals surface area (Å²) >= 11 is 1.24. The van der Waals surface area contributed by atoms with Crippen LogP contribution in [0.15, 0.2) is 34.3 Å². The number of aromatic nitrogens is 3. The molecule has 2 heterocycles. The van der Waals surface area contributed by atoms with E-state index < -0.39 is 10.0 Å². The Morgan fingerprint density at radius 2 is 2.00 bits per heavy atom. The molecule has 0 saturated heterocycles. The number of rotatable bonds is 8. The number of hydrogen-bond donors (Lipinski definition) is 1. The lowest BCUT2D eigenvalue weighted by atomic mass is 10.4. The number of nitrogens with one attached hydrogen (secondary N) is 1. The highest BCUT2D eigenvalue weighted by atomic mass is 32.2. The zero-order valence-corrected chi connectivity index (χ0v) is 16.9. The standard InChI is InChI=1S/C16H23N5O3S2/c1-5-21(6-2)26(23,24)13-7-8-16(17-10-13)25-11-15(22)18-14-9-12(3)19-20(14)4/h7-10H,5-6,11H2,1-4H3,(H,18,22). The Labute approximate surface area is 158 Å². The van der Waals surface area contributed by atoms with Crippen LogP contribution in [0.1, 0.15) is 19.5 Å². The number of hydrogen-bond acceptors (Lipinski definition) is 6. The minimum atomic E-state index is -3.52. The SMILES string of the molecule is CCN(CC)S(=O)(=O)c1ccc(SCC(=O)Nc2cc(C)nn2C)nc1. The Morgan fingerprint density at radius 3 is 2.50 bits per heavy atom. The fraction of sp³-hybridized carbons (Fsp3) is 0.438. The van der Waals surface area contributed by atoms with E-state index in [2.05, 4.69) is 15.4 Å². The fourth-order valence-corrected chi connectivity index (χ4v) is 4.41. The summed E-state index contributed by atoms with van der Waals surface area (Å²) in [5.41, 5.74) is 0.821. The molecule has 0 unspecified atom stereocenters. The molecule has 0 atom stereocenters. The molecular weight excluding hydrogens is 374 g/mol. The van der Waals surface area contributed by atoms with Crippen molar-refractivity contribution in [3.8, 4) is 0 Å². The molecule has 0 bridgehead atoms. The van der Waals surface area contributed by atoms with E-state index in [0.717, 1.165) is 5.69 Å². The van der Waals surface area contributed by atoms with Crippen molar-refractivity contribution in [1.29, 1.82) is 0 Å². The average Bonchev–Trinajstić information content (AvgIpc) is 2.91. The van der Waals surface area contributed by atoms with E-state index in [1.807, 2.05) is 6.92 Å². The lowest BCUT2D eigenvalue weighted by molar-refractivity contribution is -0.113. The average molecular weight is 398 g/mol. The van der Waals surface area contributed by atoms with E-state index in [0.29, 0.717) is 23.9 Å². The van der Waals surface area contributed by atoms with Gasteiger partial charge in [-0.25, -0.2) is 13.4 Å². The van der Waals surface area contributed by atoms with Gasteiger partial charge in [-0.3, -0.25) is 9.48 Å². The summed E-state index contributed by atoms with van der Waals surface area (Å²) in [5, 5.41) is 7.53. The van der Waals surface area contributed by atoms with Crippen LogP contribution in [0.2, 0.25) is 0 Å². The molecule has 0 fully saturated rings. The fourth-order valence-electron chi connectivity index (χ4n) is 2.36. The zero-order valence-electron chi connectivity index (χ0n) is 15.3. The van der Waals surface area contributed by atoms with Gasteiger partial charge < -0.3 is 5.32 Å². The maximum Gasteiger partial charge on any atom is 0.244 e. The van der Waals surface area contributed by atoms with Gasteiger partial charge in [0, 0.05) is 32.4 Å². The number of sulfonamides is 1. The number of nitrogens with zero attached hydrogens (tertiary/aromatic N) is 4. The molecule has 142 valence electrons. The van der Waals surface area contributed by atoms with Gasteiger partial charge >= 0.3 is 0 Å². The predicted molar refractivity (Wildman–Crippen MR) is 102 cm³/mol. The second-order valence-corrected chi connectivity index (χ2v) is 8.49. The summed E-state index contributed by atoms with van der Waals surface area (Å²) in [6, 6.07) is 4.92. The lowest BCUT2D eigenvalue weighted by Gasteiger charge is -2.18. The molecule has 2 aromatic rings. The number of thioether (sulfide) groups is 1. The molecule has 26 heavy (non-hydrogen) atoms. The van der Waals surface area contributed by atoms with Crippen LogP contribution in [0.5, 0.6) is 0 Å². The van der Waals surface area contributed by atoms with Gasteiger partial charge in [0.05, 0.1) is 16.5 Å². The second-order valence-electron chi connectivity index (χ2n) is 5.55. The number of amides is 1.